The largest absolute Gasteiger partial charge is 0.496 e. The molecule has 26 heavy (non-hydrogen) atoms. The predicted molar refractivity (Wildman–Crippen MR) is 99.2 cm³/mol. The van der Waals surface area contributed by atoms with Gasteiger partial charge in [0.25, 0.3) is 0 Å². The van der Waals surface area contributed by atoms with E-state index in [4.69, 9.17) is 4.74 Å². The van der Waals surface area contributed by atoms with Gasteiger partial charge in [-0.2, -0.15) is 4.31 Å². The Kier molecular flexibility index (Phi) is 7.11. The quantitative estimate of drug-likeness (QED) is 0.710. The topological polar surface area (TPSA) is 88.6 Å². The molecule has 1 N–H and O–H groups in total. The van der Waals surface area contributed by atoms with Gasteiger partial charge in [-0.05, 0) is 29.7 Å². The van der Waals surface area contributed by atoms with E-state index in [0.29, 0.717) is 13.0 Å². The third kappa shape index (κ3) is 6.12. The molecule has 0 saturated carbocycles. The fourth-order valence-electron chi connectivity index (χ4n) is 2.45. The smallest absolute Gasteiger partial charge is 0.235 e. The van der Waals surface area contributed by atoms with Crippen LogP contribution in [0.4, 0.5) is 0 Å². The van der Waals surface area contributed by atoms with Crippen molar-refractivity contribution in [2.45, 2.75) is 13.0 Å². The highest BCUT2D eigenvalue weighted by molar-refractivity contribution is 7.88. The van der Waals surface area contributed by atoms with E-state index in [1.165, 1.54) is 0 Å². The predicted octanol–water partition coefficient (Wildman–Crippen LogP) is 1.21. The molecule has 0 unspecified atom stereocenters. The summed E-state index contributed by atoms with van der Waals surface area (Å²) in [6.45, 7) is 0.260. The summed E-state index contributed by atoms with van der Waals surface area (Å²) in [5.74, 6) is 0.408. The summed E-state index contributed by atoms with van der Waals surface area (Å²) in [6, 6.07) is 11.1. The van der Waals surface area contributed by atoms with Gasteiger partial charge in [0.05, 0.1) is 19.9 Å². The molecule has 2 aromatic rings. The molecule has 0 aliphatic carbocycles. The molecule has 0 fully saturated rings. The molecule has 1 aromatic heterocycles. The first kappa shape index (κ1) is 19.9. The molecule has 0 spiro atoms. The maximum Gasteiger partial charge on any atom is 0.235 e. The van der Waals surface area contributed by atoms with E-state index in [1.807, 2.05) is 24.3 Å². The van der Waals surface area contributed by atoms with Gasteiger partial charge in [0.15, 0.2) is 0 Å². The molecular weight excluding hydrogens is 354 g/mol. The van der Waals surface area contributed by atoms with Crippen LogP contribution in [0.15, 0.2) is 48.8 Å². The van der Waals surface area contributed by atoms with Crippen LogP contribution in [-0.2, 0) is 27.8 Å². The molecular formula is C18H23N3O4S. The zero-order valence-corrected chi connectivity index (χ0v) is 15.7. The Labute approximate surface area is 154 Å². The Balaban J connectivity index is 1.91. The third-order valence-electron chi connectivity index (χ3n) is 3.78. The van der Waals surface area contributed by atoms with Gasteiger partial charge >= 0.3 is 0 Å². The monoisotopic (exact) mass is 377 g/mol. The lowest BCUT2D eigenvalue weighted by molar-refractivity contribution is -0.121. The zero-order chi connectivity index (χ0) is 19.0. The molecule has 1 heterocycles. The van der Waals surface area contributed by atoms with Gasteiger partial charge in [-0.3, -0.25) is 9.78 Å². The number of nitrogens with one attached hydrogen (secondary N) is 1. The van der Waals surface area contributed by atoms with Crippen molar-refractivity contribution in [3.63, 3.8) is 0 Å². The van der Waals surface area contributed by atoms with E-state index in [1.54, 1.807) is 31.6 Å². The molecule has 0 atom stereocenters. The lowest BCUT2D eigenvalue weighted by Crippen LogP contribution is -2.40. The summed E-state index contributed by atoms with van der Waals surface area (Å²) in [7, 11) is -1.92. The maximum absolute atomic E-state index is 12.2. The van der Waals surface area contributed by atoms with Crippen molar-refractivity contribution in [1.29, 1.82) is 0 Å². The van der Waals surface area contributed by atoms with Crippen LogP contribution in [0.2, 0.25) is 0 Å². The average molecular weight is 377 g/mol. The van der Waals surface area contributed by atoms with Crippen molar-refractivity contribution < 1.29 is 17.9 Å². The molecule has 1 amide bonds. The van der Waals surface area contributed by atoms with Crippen molar-refractivity contribution in [2.75, 3.05) is 26.5 Å². The van der Waals surface area contributed by atoms with Crippen LogP contribution in [0.1, 0.15) is 11.1 Å². The number of aromatic nitrogens is 1. The molecule has 2 rings (SSSR count). The minimum atomic E-state index is -3.52. The van der Waals surface area contributed by atoms with E-state index in [9.17, 15) is 13.2 Å². The fourth-order valence-corrected chi connectivity index (χ4v) is 3.18. The second-order valence-electron chi connectivity index (χ2n) is 5.80. The van der Waals surface area contributed by atoms with Crippen LogP contribution in [0, 0.1) is 0 Å². The van der Waals surface area contributed by atoms with Crippen molar-refractivity contribution in [2.24, 2.45) is 0 Å². The first-order valence-corrected chi connectivity index (χ1v) is 9.97. The summed E-state index contributed by atoms with van der Waals surface area (Å²) >= 11 is 0. The van der Waals surface area contributed by atoms with E-state index < -0.39 is 10.0 Å². The number of carbonyl (C=O) groups is 1. The lowest BCUT2D eigenvalue weighted by Gasteiger charge is -2.19. The van der Waals surface area contributed by atoms with Gasteiger partial charge in [0.1, 0.15) is 5.75 Å². The van der Waals surface area contributed by atoms with Gasteiger partial charge in [0, 0.05) is 25.5 Å². The highest BCUT2D eigenvalue weighted by Gasteiger charge is 2.20. The number of para-hydroxylation sites is 1. The van der Waals surface area contributed by atoms with Crippen LogP contribution in [0.3, 0.4) is 0 Å². The minimum Gasteiger partial charge on any atom is -0.496 e. The van der Waals surface area contributed by atoms with E-state index in [-0.39, 0.29) is 19.0 Å². The Morgan fingerprint density at radius 2 is 2.00 bits per heavy atom. The van der Waals surface area contributed by atoms with Gasteiger partial charge in [-0.25, -0.2) is 8.42 Å². The molecule has 7 nitrogen and oxygen atoms in total. The van der Waals surface area contributed by atoms with E-state index in [0.717, 1.165) is 27.4 Å². The third-order valence-corrected chi connectivity index (χ3v) is 4.98. The second-order valence-corrected chi connectivity index (χ2v) is 7.79. The number of carbonyl (C=O) groups excluding carboxylic acids is 1. The molecule has 0 aliphatic rings. The molecule has 0 radical (unpaired) electrons. The Morgan fingerprint density at radius 1 is 1.23 bits per heavy atom. The number of methoxy groups -OCH3 is 1. The van der Waals surface area contributed by atoms with E-state index in [2.05, 4.69) is 10.3 Å². The summed E-state index contributed by atoms with van der Waals surface area (Å²) in [5.41, 5.74) is 1.70. The Bertz CT molecular complexity index is 825. The number of pyridine rings is 1. The van der Waals surface area contributed by atoms with Crippen LogP contribution < -0.4 is 10.1 Å². The molecule has 0 saturated heterocycles. The van der Waals surface area contributed by atoms with E-state index >= 15 is 0 Å². The van der Waals surface area contributed by atoms with Crippen molar-refractivity contribution in [3.05, 3.63) is 59.9 Å². The fraction of sp³-hybridized carbons (Fsp3) is 0.333. The Hall–Kier alpha value is -2.45. The number of sulfonamides is 1. The first-order valence-electron chi connectivity index (χ1n) is 8.13. The number of hydrogen-bond donors (Lipinski definition) is 1. The van der Waals surface area contributed by atoms with Crippen LogP contribution in [0.5, 0.6) is 5.75 Å². The second kappa shape index (κ2) is 9.30. The lowest BCUT2D eigenvalue weighted by atomic mass is 10.1. The molecule has 0 aliphatic heterocycles. The summed E-state index contributed by atoms with van der Waals surface area (Å²) in [5, 5.41) is 2.75. The van der Waals surface area contributed by atoms with Crippen molar-refractivity contribution in [1.82, 2.24) is 14.6 Å². The maximum atomic E-state index is 12.2. The molecule has 8 heteroatoms. The highest BCUT2D eigenvalue weighted by atomic mass is 32.2. The number of nitrogens with zero attached hydrogens (tertiary/aromatic N) is 2. The number of ether oxygens (including phenoxy) is 1. The number of amides is 1. The number of benzene rings is 1. The van der Waals surface area contributed by atoms with Crippen LogP contribution in [-0.4, -0.2) is 50.1 Å². The van der Waals surface area contributed by atoms with Gasteiger partial charge in [0.2, 0.25) is 15.9 Å². The summed E-state index contributed by atoms with van der Waals surface area (Å²) in [4.78, 5) is 16.1. The van der Waals surface area contributed by atoms with Gasteiger partial charge in [-0.1, -0.05) is 24.3 Å². The summed E-state index contributed by atoms with van der Waals surface area (Å²) < 4.78 is 30.3. The summed E-state index contributed by atoms with van der Waals surface area (Å²) in [6.07, 6.45) is 4.87. The van der Waals surface area contributed by atoms with Gasteiger partial charge in [-0.15, -0.1) is 0 Å². The standard InChI is InChI=1S/C18H23N3O4S/c1-25-17-8-4-3-7-16(17)9-11-20-18(22)14-21(26(2,23)24)13-15-6-5-10-19-12-15/h3-8,10,12H,9,11,13-14H2,1-2H3,(H,20,22). The van der Waals surface area contributed by atoms with Crippen LogP contribution >= 0.6 is 0 Å². The first-order chi connectivity index (χ1) is 12.4. The Morgan fingerprint density at radius 3 is 2.65 bits per heavy atom. The average Bonchev–Trinajstić information content (AvgIpc) is 2.61. The highest BCUT2D eigenvalue weighted by Crippen LogP contribution is 2.17. The van der Waals surface area contributed by atoms with Crippen molar-refractivity contribution in [3.8, 4) is 5.75 Å². The zero-order valence-electron chi connectivity index (χ0n) is 14.9. The normalized spacial score (nSPS) is 11.3. The number of rotatable bonds is 9. The van der Waals surface area contributed by atoms with Crippen LogP contribution in [0.25, 0.3) is 0 Å². The number of hydrogen-bond acceptors (Lipinski definition) is 5. The SMILES string of the molecule is COc1ccccc1CCNC(=O)CN(Cc1cccnc1)S(C)(=O)=O. The van der Waals surface area contributed by atoms with Crippen molar-refractivity contribution >= 4 is 15.9 Å². The minimum absolute atomic E-state index is 0.104. The molecule has 0 bridgehead atoms. The van der Waals surface area contributed by atoms with Gasteiger partial charge < -0.3 is 10.1 Å². The molecule has 140 valence electrons. The molecule has 1 aromatic carbocycles.